The highest BCUT2D eigenvalue weighted by molar-refractivity contribution is 9.10. The van der Waals surface area contributed by atoms with Crippen LogP contribution in [0.3, 0.4) is 0 Å². The van der Waals surface area contributed by atoms with Gasteiger partial charge >= 0.3 is 0 Å². The molecule has 2 rings (SSSR count). The van der Waals surface area contributed by atoms with Gasteiger partial charge in [-0.05, 0) is 28.1 Å². The molecule has 0 aliphatic carbocycles. The molecule has 1 aliphatic heterocycles. The van der Waals surface area contributed by atoms with E-state index < -0.39 is 0 Å². The summed E-state index contributed by atoms with van der Waals surface area (Å²) in [6.45, 7) is 2.19. The summed E-state index contributed by atoms with van der Waals surface area (Å²) in [7, 11) is 0. The molecule has 0 spiro atoms. The standard InChI is InChI=1S/C11H14BrNO2/c12-9-3-1-2-4-10(9)13-5-11(6-14)7-15-8-11/h1-4,13-14H,5-8H2. The summed E-state index contributed by atoms with van der Waals surface area (Å²) in [6.07, 6.45) is 0. The third-order valence-corrected chi connectivity index (χ3v) is 3.37. The SMILES string of the molecule is OCC1(CNc2ccccc2Br)COC1. The van der Waals surface area contributed by atoms with Crippen LogP contribution in [0.1, 0.15) is 0 Å². The number of halogens is 1. The Labute approximate surface area is 97.6 Å². The summed E-state index contributed by atoms with van der Waals surface area (Å²) >= 11 is 3.47. The minimum Gasteiger partial charge on any atom is -0.396 e. The minimum absolute atomic E-state index is 0.0880. The lowest BCUT2D eigenvalue weighted by Crippen LogP contribution is -2.50. The van der Waals surface area contributed by atoms with Gasteiger partial charge in [-0.1, -0.05) is 12.1 Å². The van der Waals surface area contributed by atoms with Gasteiger partial charge in [0.25, 0.3) is 0 Å². The van der Waals surface area contributed by atoms with Gasteiger partial charge in [0.05, 0.1) is 25.2 Å². The van der Waals surface area contributed by atoms with Crippen LogP contribution >= 0.6 is 15.9 Å². The zero-order valence-corrected chi connectivity index (χ0v) is 9.96. The zero-order valence-electron chi connectivity index (χ0n) is 8.37. The fourth-order valence-electron chi connectivity index (χ4n) is 1.53. The number of ether oxygens (including phenoxy) is 1. The van der Waals surface area contributed by atoms with Crippen molar-refractivity contribution >= 4 is 21.6 Å². The minimum atomic E-state index is -0.0880. The van der Waals surface area contributed by atoms with Crippen LogP contribution in [0.25, 0.3) is 0 Å². The van der Waals surface area contributed by atoms with Crippen molar-refractivity contribution in [1.82, 2.24) is 0 Å². The zero-order chi connectivity index (χ0) is 10.7. The third-order valence-electron chi connectivity index (χ3n) is 2.68. The van der Waals surface area contributed by atoms with Gasteiger partial charge in [-0.3, -0.25) is 0 Å². The number of hydrogen-bond acceptors (Lipinski definition) is 3. The number of para-hydroxylation sites is 1. The molecule has 1 heterocycles. The maximum absolute atomic E-state index is 9.25. The predicted octanol–water partition coefficient (Wildman–Crippen LogP) is 1.87. The molecular formula is C11H14BrNO2. The van der Waals surface area contributed by atoms with Crippen LogP contribution in [-0.4, -0.2) is 31.5 Å². The van der Waals surface area contributed by atoms with E-state index in [9.17, 15) is 5.11 Å². The summed E-state index contributed by atoms with van der Waals surface area (Å²) in [5.41, 5.74) is 0.965. The highest BCUT2D eigenvalue weighted by Crippen LogP contribution is 2.29. The summed E-state index contributed by atoms with van der Waals surface area (Å²) < 4.78 is 6.18. The first-order chi connectivity index (χ1) is 7.26. The molecule has 2 N–H and O–H groups in total. The molecule has 4 heteroatoms. The number of hydrogen-bond donors (Lipinski definition) is 2. The molecule has 1 aliphatic rings. The van der Waals surface area contributed by atoms with Gasteiger partial charge in [-0.15, -0.1) is 0 Å². The van der Waals surface area contributed by atoms with Crippen molar-refractivity contribution in [3.05, 3.63) is 28.7 Å². The normalized spacial score (nSPS) is 18.3. The van der Waals surface area contributed by atoms with Crippen molar-refractivity contribution in [2.75, 3.05) is 31.7 Å². The Morgan fingerprint density at radius 3 is 2.67 bits per heavy atom. The van der Waals surface area contributed by atoms with E-state index in [0.29, 0.717) is 13.2 Å². The Kier molecular flexibility index (Phi) is 3.29. The second-order valence-corrected chi connectivity index (χ2v) is 4.84. The number of aliphatic hydroxyl groups excluding tert-OH is 1. The molecule has 0 saturated carbocycles. The Morgan fingerprint density at radius 2 is 2.13 bits per heavy atom. The second kappa shape index (κ2) is 4.51. The highest BCUT2D eigenvalue weighted by atomic mass is 79.9. The quantitative estimate of drug-likeness (QED) is 0.879. The monoisotopic (exact) mass is 271 g/mol. The average Bonchev–Trinajstić information content (AvgIpc) is 2.19. The summed E-state index contributed by atoms with van der Waals surface area (Å²) in [5, 5.41) is 12.6. The Hall–Kier alpha value is -0.580. The molecule has 0 radical (unpaired) electrons. The van der Waals surface area contributed by atoms with E-state index in [1.165, 1.54) is 0 Å². The molecule has 1 aromatic rings. The lowest BCUT2D eigenvalue weighted by Gasteiger charge is -2.40. The first kappa shape index (κ1) is 10.9. The molecule has 0 amide bonds. The van der Waals surface area contributed by atoms with Crippen molar-refractivity contribution in [2.24, 2.45) is 5.41 Å². The number of anilines is 1. The Morgan fingerprint density at radius 1 is 1.40 bits per heavy atom. The number of rotatable bonds is 4. The molecule has 1 fully saturated rings. The van der Waals surface area contributed by atoms with Gasteiger partial charge in [-0.2, -0.15) is 0 Å². The predicted molar refractivity (Wildman–Crippen MR) is 63.0 cm³/mol. The van der Waals surface area contributed by atoms with Crippen molar-refractivity contribution < 1.29 is 9.84 Å². The van der Waals surface area contributed by atoms with Crippen LogP contribution in [0.5, 0.6) is 0 Å². The van der Waals surface area contributed by atoms with Crippen LogP contribution in [0.4, 0.5) is 5.69 Å². The van der Waals surface area contributed by atoms with Crippen molar-refractivity contribution in [3.8, 4) is 0 Å². The van der Waals surface area contributed by atoms with Gasteiger partial charge in [0.15, 0.2) is 0 Å². The molecule has 1 aromatic carbocycles. The molecule has 0 unspecified atom stereocenters. The topological polar surface area (TPSA) is 41.5 Å². The Bertz CT molecular complexity index is 334. The lowest BCUT2D eigenvalue weighted by atomic mass is 9.87. The smallest absolute Gasteiger partial charge is 0.0584 e. The molecule has 1 saturated heterocycles. The van der Waals surface area contributed by atoms with Crippen LogP contribution in [0.2, 0.25) is 0 Å². The van der Waals surface area contributed by atoms with Crippen LogP contribution in [0, 0.1) is 5.41 Å². The first-order valence-electron chi connectivity index (χ1n) is 4.93. The van der Waals surface area contributed by atoms with E-state index in [0.717, 1.165) is 16.7 Å². The van der Waals surface area contributed by atoms with Crippen LogP contribution in [0.15, 0.2) is 28.7 Å². The molecule has 82 valence electrons. The lowest BCUT2D eigenvalue weighted by molar-refractivity contribution is -0.128. The van der Waals surface area contributed by atoms with Gasteiger partial charge in [0.1, 0.15) is 0 Å². The van der Waals surface area contributed by atoms with E-state index in [1.54, 1.807) is 0 Å². The maximum Gasteiger partial charge on any atom is 0.0584 e. The average molecular weight is 272 g/mol. The van der Waals surface area contributed by atoms with Crippen molar-refractivity contribution in [1.29, 1.82) is 0 Å². The third kappa shape index (κ3) is 2.33. The summed E-state index contributed by atoms with van der Waals surface area (Å²) in [5.74, 6) is 0. The summed E-state index contributed by atoms with van der Waals surface area (Å²) in [6, 6.07) is 7.96. The second-order valence-electron chi connectivity index (χ2n) is 3.98. The van der Waals surface area contributed by atoms with Gasteiger partial charge in [0, 0.05) is 16.7 Å². The largest absolute Gasteiger partial charge is 0.396 e. The van der Waals surface area contributed by atoms with E-state index in [2.05, 4.69) is 21.2 Å². The number of nitrogens with one attached hydrogen (secondary N) is 1. The van der Waals surface area contributed by atoms with Gasteiger partial charge < -0.3 is 15.2 Å². The molecule has 3 nitrogen and oxygen atoms in total. The molecule has 0 atom stereocenters. The Balaban J connectivity index is 1.95. The molecule has 15 heavy (non-hydrogen) atoms. The van der Waals surface area contributed by atoms with Crippen LogP contribution in [-0.2, 0) is 4.74 Å². The van der Waals surface area contributed by atoms with E-state index in [1.807, 2.05) is 24.3 Å². The summed E-state index contributed by atoms with van der Waals surface area (Å²) in [4.78, 5) is 0. The van der Waals surface area contributed by atoms with E-state index in [4.69, 9.17) is 4.74 Å². The van der Waals surface area contributed by atoms with E-state index >= 15 is 0 Å². The van der Waals surface area contributed by atoms with Crippen molar-refractivity contribution in [3.63, 3.8) is 0 Å². The van der Waals surface area contributed by atoms with Gasteiger partial charge in [0.2, 0.25) is 0 Å². The number of benzene rings is 1. The molecular weight excluding hydrogens is 258 g/mol. The fraction of sp³-hybridized carbons (Fsp3) is 0.455. The van der Waals surface area contributed by atoms with Gasteiger partial charge in [-0.25, -0.2) is 0 Å². The maximum atomic E-state index is 9.25. The number of aliphatic hydroxyl groups is 1. The van der Waals surface area contributed by atoms with Crippen LogP contribution < -0.4 is 5.32 Å². The first-order valence-corrected chi connectivity index (χ1v) is 5.72. The molecule has 0 bridgehead atoms. The highest BCUT2D eigenvalue weighted by Gasteiger charge is 2.37. The van der Waals surface area contributed by atoms with Crippen molar-refractivity contribution in [2.45, 2.75) is 0 Å². The fourth-order valence-corrected chi connectivity index (χ4v) is 1.95. The van der Waals surface area contributed by atoms with E-state index in [-0.39, 0.29) is 12.0 Å². The molecule has 0 aromatic heterocycles.